The molecule has 101 heavy (non-hydrogen) atoms. The molecule has 550 valence electrons. The molecule has 23 heteroatoms. The highest BCUT2D eigenvalue weighted by atomic mass is 19.1. The molecule has 21 nitrogen and oxygen atoms in total. The first-order valence-corrected chi connectivity index (χ1v) is 38.5. The molecule has 1 saturated carbocycles. The Bertz CT molecular complexity index is 3550. The van der Waals surface area contributed by atoms with Crippen LogP contribution in [0.4, 0.5) is 40.2 Å². The Hall–Kier alpha value is -6.50. The minimum absolute atomic E-state index is 0. The van der Waals surface area contributed by atoms with Crippen molar-refractivity contribution in [1.29, 1.82) is 0 Å². The van der Waals surface area contributed by atoms with Crippen molar-refractivity contribution in [1.82, 2.24) is 29.4 Å². The third-order valence-corrected chi connectivity index (χ3v) is 27.1. The van der Waals surface area contributed by atoms with E-state index >= 15 is 0 Å². The molecule has 14 heterocycles. The van der Waals surface area contributed by atoms with Crippen LogP contribution in [0, 0.1) is 17.6 Å². The number of hydrogen-bond acceptors (Lipinski definition) is 15. The predicted molar refractivity (Wildman–Crippen MR) is 377 cm³/mol. The molecule has 6 amide bonds. The SMILES string of the molecule is CC(=O)N1CC2(CCN(C3CC4CCC(C3)N4C(=O)O[C@@H]3CCOC3)CC2)c2cc(F)ccc21.COCCOC(=O)N1C2CCC1CC(N1CCC3(CC1)C(=O)Nc1ccccc13)C2.O=C(C1CCC1)N1CC2(CCN(C3CC4CCC(C3)N4C(=O)O[C@@H]3CCOC3)CC2)c2cc(F)ccc21.[HH].[HH]. The zero-order valence-electron chi connectivity index (χ0n) is 59.1. The summed E-state index contributed by atoms with van der Waals surface area (Å²) in [5, 5.41) is 3.09. The van der Waals surface area contributed by atoms with Gasteiger partial charge in [-0.3, -0.25) is 14.4 Å². The topological polar surface area (TPSA) is 196 Å². The van der Waals surface area contributed by atoms with E-state index in [2.05, 4.69) is 26.1 Å². The molecule has 18 rings (SSSR count). The molecular weight excluding hydrogens is 1290 g/mol. The Labute approximate surface area is 595 Å². The maximum absolute atomic E-state index is 14.4. The number of methoxy groups -OCH3 is 1. The Kier molecular flexibility index (Phi) is 19.5. The molecule has 0 aromatic heterocycles. The number of amides is 6. The monoisotopic (exact) mass is 1400 g/mol. The van der Waals surface area contributed by atoms with E-state index in [1.165, 1.54) is 17.7 Å². The van der Waals surface area contributed by atoms with Crippen molar-refractivity contribution in [3.05, 3.63) is 89.0 Å². The van der Waals surface area contributed by atoms with Crippen LogP contribution in [0.15, 0.2) is 60.7 Å². The van der Waals surface area contributed by atoms with Gasteiger partial charge < -0.3 is 72.9 Å². The number of carbonyl (C=O) groups is 6. The van der Waals surface area contributed by atoms with E-state index < -0.39 is 0 Å². The van der Waals surface area contributed by atoms with Gasteiger partial charge in [0.05, 0.1) is 38.4 Å². The Morgan fingerprint density at radius 2 is 0.960 bits per heavy atom. The maximum Gasteiger partial charge on any atom is 0.410 e. The Balaban J connectivity index is 0.000000130. The fourth-order valence-corrected chi connectivity index (χ4v) is 21.4. The number of nitrogens with one attached hydrogen (secondary N) is 1. The number of fused-ring (bicyclic) bond motifs is 12. The van der Waals surface area contributed by atoms with Crippen LogP contribution in [0.25, 0.3) is 0 Å². The first-order valence-electron chi connectivity index (χ1n) is 38.5. The highest BCUT2D eigenvalue weighted by molar-refractivity contribution is 6.06. The molecule has 12 fully saturated rings. The number of para-hydroxylation sites is 1. The summed E-state index contributed by atoms with van der Waals surface area (Å²) in [6, 6.07) is 21.0. The third kappa shape index (κ3) is 13.1. The third-order valence-electron chi connectivity index (χ3n) is 27.1. The Morgan fingerprint density at radius 1 is 0.525 bits per heavy atom. The van der Waals surface area contributed by atoms with E-state index in [-0.39, 0.29) is 121 Å². The zero-order valence-corrected chi connectivity index (χ0v) is 59.1. The number of halogens is 2. The minimum Gasteiger partial charge on any atom is -0.447 e. The van der Waals surface area contributed by atoms with E-state index in [1.807, 2.05) is 48.8 Å². The molecular formula is C78H107F2N9O12. The number of anilines is 3. The van der Waals surface area contributed by atoms with Gasteiger partial charge in [-0.15, -0.1) is 0 Å². The summed E-state index contributed by atoms with van der Waals surface area (Å²) < 4.78 is 61.2. The molecule has 14 aliphatic heterocycles. The van der Waals surface area contributed by atoms with E-state index in [1.54, 1.807) is 32.2 Å². The lowest BCUT2D eigenvalue weighted by Gasteiger charge is -2.47. The summed E-state index contributed by atoms with van der Waals surface area (Å²) in [7, 11) is 1.61. The van der Waals surface area contributed by atoms with Crippen molar-refractivity contribution in [3.8, 4) is 0 Å². The summed E-state index contributed by atoms with van der Waals surface area (Å²) >= 11 is 0. The maximum atomic E-state index is 14.4. The molecule has 6 unspecified atom stereocenters. The van der Waals surface area contributed by atoms with Crippen LogP contribution in [-0.4, -0.2) is 231 Å². The van der Waals surface area contributed by atoms with Crippen molar-refractivity contribution in [2.75, 3.05) is 114 Å². The van der Waals surface area contributed by atoms with Gasteiger partial charge in [0.15, 0.2) is 0 Å². The molecule has 8 atom stereocenters. The molecule has 0 radical (unpaired) electrons. The smallest absolute Gasteiger partial charge is 0.410 e. The van der Waals surface area contributed by atoms with Crippen molar-refractivity contribution < 1.29 is 68.8 Å². The standard InChI is InChI=1S/C29H38FN3O4.C26H34FN3O4.C23H31N3O4.2H2/c30-20-4-7-26-25(14-20)29(18-32(26)27(34)19-2-1-3-19)9-11-31(12-10-29)23-15-21-5-6-22(16-23)33(21)28(35)37-24-8-13-36-17-24;1-17(31)29-16-26(23-12-18(27)2-5-24(23)29)7-9-28(10-8-26)21-13-19-3-4-20(14-21)30(19)25(32)34-22-6-11-33-15-22;1-29-12-13-30-22(28)26-16-6-7-17(26)15-18(14-16)25-10-8-23(9-11-25)19-4-2-3-5-20(19)24-21(23)27;;/h4,7,14,19,21-24H,1-3,5-6,8-13,15-18H2;2,5,12,19-22H,3-4,6-11,13-16H2,1H3;2-5,16-18H,6-15H2,1H3,(H,24,27);2*1H/t21?,22?,23?,24-;19?,20?,21?,22-;;;/m11.../s1. The second-order valence-electron chi connectivity index (χ2n) is 32.3. The molecule has 15 aliphatic rings. The van der Waals surface area contributed by atoms with Crippen LogP contribution in [0.2, 0.25) is 0 Å². The number of carbonyl (C=O) groups excluding carboxylic acids is 6. The number of ether oxygens (including phenoxy) is 6. The average molecular weight is 1400 g/mol. The second kappa shape index (κ2) is 28.5. The molecule has 3 aromatic rings. The summed E-state index contributed by atoms with van der Waals surface area (Å²) in [6.07, 6.45) is 21.8. The van der Waals surface area contributed by atoms with Gasteiger partial charge in [0.25, 0.3) is 0 Å². The second-order valence-corrected chi connectivity index (χ2v) is 32.3. The van der Waals surface area contributed by atoms with Crippen molar-refractivity contribution in [3.63, 3.8) is 0 Å². The highest BCUT2D eigenvalue weighted by Gasteiger charge is 2.55. The lowest BCUT2D eigenvalue weighted by atomic mass is 9.73. The summed E-state index contributed by atoms with van der Waals surface area (Å²) in [5.41, 5.74) is 5.32. The fraction of sp³-hybridized carbons (Fsp3) is 0.692. The van der Waals surface area contributed by atoms with Crippen LogP contribution in [-0.2, 0) is 59.0 Å². The van der Waals surface area contributed by atoms with Gasteiger partial charge in [0.1, 0.15) is 30.4 Å². The van der Waals surface area contributed by atoms with E-state index in [0.717, 1.165) is 215 Å². The molecule has 1 N–H and O–H groups in total. The normalized spacial score (nSPS) is 31.8. The molecule has 1 aliphatic carbocycles. The van der Waals surface area contributed by atoms with E-state index in [4.69, 9.17) is 28.4 Å². The van der Waals surface area contributed by atoms with Crippen LogP contribution < -0.4 is 15.1 Å². The van der Waals surface area contributed by atoms with Crippen LogP contribution >= 0.6 is 0 Å². The summed E-state index contributed by atoms with van der Waals surface area (Å²) in [5.74, 6) is 0.119. The zero-order chi connectivity index (χ0) is 69.3. The van der Waals surface area contributed by atoms with Crippen LogP contribution in [0.5, 0.6) is 0 Å². The number of rotatable bonds is 9. The first kappa shape index (κ1) is 68.9. The minimum atomic E-state index is -0.363. The molecule has 3 spiro atoms. The van der Waals surface area contributed by atoms with Gasteiger partial charge in [-0.25, -0.2) is 23.2 Å². The summed E-state index contributed by atoms with van der Waals surface area (Å²) in [6.45, 7) is 11.7. The Morgan fingerprint density at radius 3 is 1.39 bits per heavy atom. The van der Waals surface area contributed by atoms with Gasteiger partial charge in [-0.05, 0) is 227 Å². The van der Waals surface area contributed by atoms with Gasteiger partial charge in [-0.2, -0.15) is 0 Å². The molecule has 11 saturated heterocycles. The van der Waals surface area contributed by atoms with Crippen molar-refractivity contribution >= 4 is 53.1 Å². The van der Waals surface area contributed by atoms with E-state index in [9.17, 15) is 37.5 Å². The van der Waals surface area contributed by atoms with Crippen molar-refractivity contribution in [2.24, 2.45) is 5.92 Å². The largest absolute Gasteiger partial charge is 0.447 e. The quantitative estimate of drug-likeness (QED) is 0.157. The fourth-order valence-electron chi connectivity index (χ4n) is 21.4. The van der Waals surface area contributed by atoms with Crippen molar-refractivity contribution in [2.45, 2.75) is 237 Å². The highest BCUT2D eigenvalue weighted by Crippen LogP contribution is 2.53. The lowest BCUT2D eigenvalue weighted by molar-refractivity contribution is -0.125. The number of piperidine rings is 6. The van der Waals surface area contributed by atoms with Crippen LogP contribution in [0.3, 0.4) is 0 Å². The van der Waals surface area contributed by atoms with Gasteiger partial charge >= 0.3 is 18.3 Å². The predicted octanol–water partition coefficient (Wildman–Crippen LogP) is 10.9. The van der Waals surface area contributed by atoms with Crippen LogP contribution in [0.1, 0.15) is 174 Å². The molecule has 6 bridgehead atoms. The lowest BCUT2D eigenvalue weighted by Crippen LogP contribution is -2.56. The molecule has 3 aromatic carbocycles. The van der Waals surface area contributed by atoms with Gasteiger partial charge in [-0.1, -0.05) is 24.6 Å². The average Bonchev–Trinajstić information content (AvgIpc) is 1.60. The number of benzene rings is 3. The van der Waals surface area contributed by atoms with E-state index in [0.29, 0.717) is 70.9 Å². The van der Waals surface area contributed by atoms with Gasteiger partial charge in [0.2, 0.25) is 17.7 Å². The first-order chi connectivity index (χ1) is 49.1. The number of likely N-dealkylation sites (tertiary alicyclic amines) is 3. The summed E-state index contributed by atoms with van der Waals surface area (Å²) in [4.78, 5) is 94.3. The number of hydrogen-bond donors (Lipinski definition) is 1. The van der Waals surface area contributed by atoms with Gasteiger partial charge in [0, 0.05) is 131 Å². The number of nitrogens with zero attached hydrogens (tertiary/aromatic N) is 8.